The Balaban J connectivity index is 1.35. The van der Waals surface area contributed by atoms with Crippen molar-refractivity contribution in [2.24, 2.45) is 5.16 Å². The Hall–Kier alpha value is -3.78. The molecule has 1 heterocycles. The molecule has 0 amide bonds. The number of nitrogens with zero attached hydrogens (tertiary/aromatic N) is 2. The van der Waals surface area contributed by atoms with E-state index in [1.807, 2.05) is 54.6 Å². The second-order valence-corrected chi connectivity index (χ2v) is 6.01. The summed E-state index contributed by atoms with van der Waals surface area (Å²) in [6.45, 7) is 0. The molecule has 5 heteroatoms. The Labute approximate surface area is 157 Å². The minimum absolute atomic E-state index is 0.191. The lowest BCUT2D eigenvalue weighted by Crippen LogP contribution is -2.07. The first-order chi connectivity index (χ1) is 13.3. The van der Waals surface area contributed by atoms with Gasteiger partial charge in [-0.25, -0.2) is 0 Å². The van der Waals surface area contributed by atoms with Crippen LogP contribution in [0, 0.1) is 11.3 Å². The molecule has 3 aromatic carbocycles. The number of rotatable bonds is 4. The lowest BCUT2D eigenvalue weighted by atomic mass is 10.1. The van der Waals surface area contributed by atoms with E-state index < -0.39 is 0 Å². The zero-order valence-electron chi connectivity index (χ0n) is 14.4. The summed E-state index contributed by atoms with van der Waals surface area (Å²) >= 11 is 0. The maximum atomic E-state index is 8.83. The third-order valence-corrected chi connectivity index (χ3v) is 4.09. The smallest absolute Gasteiger partial charge is 0.235 e. The van der Waals surface area contributed by atoms with Gasteiger partial charge in [-0.3, -0.25) is 0 Å². The van der Waals surface area contributed by atoms with E-state index in [1.165, 1.54) is 0 Å². The molecule has 1 atom stereocenters. The number of oxime groups is 1. The van der Waals surface area contributed by atoms with Crippen LogP contribution in [0.25, 0.3) is 0 Å². The summed E-state index contributed by atoms with van der Waals surface area (Å²) in [7, 11) is 0. The summed E-state index contributed by atoms with van der Waals surface area (Å²) in [4.78, 5) is 5.50. The number of hydrogen-bond donors (Lipinski definition) is 0. The minimum Gasteiger partial charge on any atom is -0.457 e. The predicted molar refractivity (Wildman–Crippen MR) is 101 cm³/mol. The molecule has 27 heavy (non-hydrogen) atoms. The van der Waals surface area contributed by atoms with E-state index in [2.05, 4.69) is 11.2 Å². The molecule has 132 valence electrons. The van der Waals surface area contributed by atoms with Gasteiger partial charge in [0, 0.05) is 0 Å². The number of para-hydroxylation sites is 1. The highest BCUT2D eigenvalue weighted by molar-refractivity contribution is 5.79. The zero-order valence-corrected chi connectivity index (χ0v) is 14.4. The van der Waals surface area contributed by atoms with Crippen LogP contribution >= 0.6 is 0 Å². The van der Waals surface area contributed by atoms with Crippen molar-refractivity contribution < 1.29 is 14.3 Å². The Morgan fingerprint density at radius 2 is 1.44 bits per heavy atom. The van der Waals surface area contributed by atoms with Gasteiger partial charge in [0.1, 0.15) is 17.2 Å². The molecule has 0 saturated carbocycles. The second kappa shape index (κ2) is 7.63. The fraction of sp³-hybridized carbons (Fsp3) is 0.0909. The van der Waals surface area contributed by atoms with Crippen LogP contribution in [0.3, 0.4) is 0 Å². The molecule has 3 aromatic rings. The molecule has 0 radical (unpaired) electrons. The summed E-state index contributed by atoms with van der Waals surface area (Å²) < 4.78 is 11.5. The van der Waals surface area contributed by atoms with Crippen molar-refractivity contribution in [3.05, 3.63) is 90.0 Å². The van der Waals surface area contributed by atoms with Gasteiger partial charge in [-0.05, 0) is 54.1 Å². The highest BCUT2D eigenvalue weighted by atomic mass is 16.7. The van der Waals surface area contributed by atoms with Gasteiger partial charge < -0.3 is 14.3 Å². The molecule has 0 aliphatic carbocycles. The Kier molecular flexibility index (Phi) is 4.71. The maximum absolute atomic E-state index is 8.83. The average Bonchev–Trinajstić information content (AvgIpc) is 3.18. The Morgan fingerprint density at radius 1 is 0.815 bits per heavy atom. The van der Waals surface area contributed by atoms with Crippen LogP contribution in [0.1, 0.15) is 23.7 Å². The van der Waals surface area contributed by atoms with Crippen molar-refractivity contribution >= 4 is 5.90 Å². The minimum atomic E-state index is -0.191. The van der Waals surface area contributed by atoms with Crippen molar-refractivity contribution in [1.29, 1.82) is 5.26 Å². The van der Waals surface area contributed by atoms with Gasteiger partial charge in [0.15, 0.2) is 6.10 Å². The predicted octanol–water partition coefficient (Wildman–Crippen LogP) is 5.20. The summed E-state index contributed by atoms with van der Waals surface area (Å²) in [5, 5.41) is 12.9. The van der Waals surface area contributed by atoms with E-state index in [1.54, 1.807) is 24.3 Å². The molecular weight excluding hydrogens is 340 g/mol. The summed E-state index contributed by atoms with van der Waals surface area (Å²) in [5.74, 6) is 2.69. The molecule has 0 N–H and O–H groups in total. The Bertz CT molecular complexity index is 975. The van der Waals surface area contributed by atoms with Crippen molar-refractivity contribution in [3.8, 4) is 23.3 Å². The van der Waals surface area contributed by atoms with E-state index >= 15 is 0 Å². The number of ether oxygens (including phenoxy) is 2. The molecule has 1 aliphatic heterocycles. The van der Waals surface area contributed by atoms with Crippen molar-refractivity contribution in [3.63, 3.8) is 0 Å². The quantitative estimate of drug-likeness (QED) is 0.644. The maximum Gasteiger partial charge on any atom is 0.235 e. The van der Waals surface area contributed by atoms with Crippen LogP contribution in [-0.2, 0) is 4.84 Å². The molecule has 0 saturated heterocycles. The normalized spacial score (nSPS) is 15.4. The number of hydrogen-bond acceptors (Lipinski definition) is 5. The fourth-order valence-electron chi connectivity index (χ4n) is 2.70. The zero-order chi connectivity index (χ0) is 18.5. The summed E-state index contributed by atoms with van der Waals surface area (Å²) in [5.41, 5.74) is 1.58. The van der Waals surface area contributed by atoms with Crippen LogP contribution in [0.15, 0.2) is 84.0 Å². The molecular formula is C22H16N2O3. The van der Waals surface area contributed by atoms with Gasteiger partial charge in [-0.2, -0.15) is 5.26 Å². The van der Waals surface area contributed by atoms with E-state index in [9.17, 15) is 0 Å². The first kappa shape index (κ1) is 16.7. The molecule has 0 spiro atoms. The third-order valence-electron chi connectivity index (χ3n) is 4.09. The number of benzene rings is 3. The SMILES string of the molecule is N#Cc1ccc(OC2=NO[C@@H](c3ccc(Oc4ccccc4)cc3)C2)cc1. The van der Waals surface area contributed by atoms with Gasteiger partial charge in [0.2, 0.25) is 5.90 Å². The summed E-state index contributed by atoms with van der Waals surface area (Å²) in [6, 6.07) is 26.3. The topological polar surface area (TPSA) is 63.8 Å². The van der Waals surface area contributed by atoms with Crippen LogP contribution in [0.5, 0.6) is 17.2 Å². The monoisotopic (exact) mass is 356 g/mol. The first-order valence-electron chi connectivity index (χ1n) is 8.54. The highest BCUT2D eigenvalue weighted by Crippen LogP contribution is 2.30. The molecule has 0 fully saturated rings. The summed E-state index contributed by atoms with van der Waals surface area (Å²) in [6.07, 6.45) is 0.350. The lowest BCUT2D eigenvalue weighted by Gasteiger charge is -2.10. The lowest BCUT2D eigenvalue weighted by molar-refractivity contribution is 0.0855. The molecule has 1 aliphatic rings. The first-order valence-corrected chi connectivity index (χ1v) is 8.54. The Morgan fingerprint density at radius 3 is 2.15 bits per heavy atom. The molecule has 0 bridgehead atoms. The van der Waals surface area contributed by atoms with Crippen LogP contribution in [-0.4, -0.2) is 5.90 Å². The highest BCUT2D eigenvalue weighted by Gasteiger charge is 2.24. The largest absolute Gasteiger partial charge is 0.457 e. The van der Waals surface area contributed by atoms with E-state index in [0.29, 0.717) is 23.6 Å². The fourth-order valence-corrected chi connectivity index (χ4v) is 2.70. The van der Waals surface area contributed by atoms with Crippen molar-refractivity contribution in [1.82, 2.24) is 0 Å². The second-order valence-electron chi connectivity index (χ2n) is 6.01. The third kappa shape index (κ3) is 4.07. The standard InChI is InChI=1S/C22H16N2O3/c23-15-16-6-10-20(11-7-16)26-22-14-21(27-24-22)17-8-12-19(13-9-17)25-18-4-2-1-3-5-18/h1-13,21H,14H2/t21-/m1/s1. The van der Waals surface area contributed by atoms with E-state index in [4.69, 9.17) is 19.6 Å². The van der Waals surface area contributed by atoms with E-state index in [-0.39, 0.29) is 6.10 Å². The van der Waals surface area contributed by atoms with Gasteiger partial charge in [0.25, 0.3) is 0 Å². The van der Waals surface area contributed by atoms with Gasteiger partial charge in [0.05, 0.1) is 18.1 Å². The molecule has 5 nitrogen and oxygen atoms in total. The molecule has 0 unspecified atom stereocenters. The van der Waals surface area contributed by atoms with Gasteiger partial charge >= 0.3 is 0 Å². The number of nitriles is 1. The van der Waals surface area contributed by atoms with Crippen molar-refractivity contribution in [2.75, 3.05) is 0 Å². The van der Waals surface area contributed by atoms with Gasteiger partial charge in [-0.15, -0.1) is 0 Å². The average molecular weight is 356 g/mol. The van der Waals surface area contributed by atoms with Crippen LogP contribution in [0.4, 0.5) is 0 Å². The van der Waals surface area contributed by atoms with Crippen molar-refractivity contribution in [2.45, 2.75) is 12.5 Å². The van der Waals surface area contributed by atoms with Crippen LogP contribution < -0.4 is 9.47 Å². The van der Waals surface area contributed by atoms with Gasteiger partial charge in [-0.1, -0.05) is 35.5 Å². The van der Waals surface area contributed by atoms with Crippen LogP contribution in [0.2, 0.25) is 0 Å². The van der Waals surface area contributed by atoms with E-state index in [0.717, 1.165) is 17.1 Å². The molecule has 0 aromatic heterocycles. The molecule has 4 rings (SSSR count).